The number of hydrogen-bond donors (Lipinski definition) is 0. The highest BCUT2D eigenvalue weighted by Crippen LogP contribution is 2.14. The van der Waals surface area contributed by atoms with Crippen LogP contribution in [0.1, 0.15) is 17.7 Å². The summed E-state index contributed by atoms with van der Waals surface area (Å²) < 4.78 is 2.21. The van der Waals surface area contributed by atoms with Crippen LogP contribution in [0.2, 0.25) is 0 Å². The summed E-state index contributed by atoms with van der Waals surface area (Å²) in [7, 11) is 0. The Labute approximate surface area is 61.0 Å². The van der Waals surface area contributed by atoms with Gasteiger partial charge in [0, 0.05) is 18.1 Å². The maximum absolute atomic E-state index is 2.25. The number of aryl methyl sites for hydroxylation is 2. The van der Waals surface area contributed by atoms with E-state index in [1.54, 1.807) is 0 Å². The van der Waals surface area contributed by atoms with Gasteiger partial charge in [0.2, 0.25) is 0 Å². The molecule has 1 aliphatic heterocycles. The monoisotopic (exact) mass is 133 g/mol. The molecule has 0 aliphatic carbocycles. The summed E-state index contributed by atoms with van der Waals surface area (Å²) in [6.07, 6.45) is 8.93. The number of hydrogen-bond acceptors (Lipinski definition) is 0. The van der Waals surface area contributed by atoms with Crippen molar-refractivity contribution in [3.05, 3.63) is 29.6 Å². The number of aromatic nitrogens is 1. The van der Waals surface area contributed by atoms with E-state index in [2.05, 4.69) is 36.0 Å². The van der Waals surface area contributed by atoms with Crippen LogP contribution >= 0.6 is 0 Å². The predicted octanol–water partition coefficient (Wildman–Crippen LogP) is 2.21. The summed E-state index contributed by atoms with van der Waals surface area (Å²) in [6.45, 7) is 2.14. The van der Waals surface area contributed by atoms with Gasteiger partial charge in [0.25, 0.3) is 0 Å². The van der Waals surface area contributed by atoms with E-state index in [1.807, 2.05) is 0 Å². The van der Waals surface area contributed by atoms with Gasteiger partial charge in [0.05, 0.1) is 0 Å². The Kier molecular flexibility index (Phi) is 1.16. The molecule has 0 saturated carbocycles. The van der Waals surface area contributed by atoms with Gasteiger partial charge in [0.15, 0.2) is 0 Å². The van der Waals surface area contributed by atoms with Crippen LogP contribution in [0.3, 0.4) is 0 Å². The molecule has 0 spiro atoms. The summed E-state index contributed by atoms with van der Waals surface area (Å²) in [5, 5.41) is 0. The second-order valence-electron chi connectivity index (χ2n) is 2.84. The van der Waals surface area contributed by atoms with E-state index < -0.39 is 0 Å². The van der Waals surface area contributed by atoms with Crippen LogP contribution in [0.5, 0.6) is 0 Å². The van der Waals surface area contributed by atoms with E-state index >= 15 is 0 Å². The Morgan fingerprint density at radius 1 is 1.50 bits per heavy atom. The second kappa shape index (κ2) is 2.01. The van der Waals surface area contributed by atoms with E-state index in [4.69, 9.17) is 0 Å². The zero-order chi connectivity index (χ0) is 6.97. The molecule has 0 atom stereocenters. The molecule has 2 rings (SSSR count). The van der Waals surface area contributed by atoms with Gasteiger partial charge in [0.1, 0.15) is 0 Å². The molecular formula is C9H11N. The van der Waals surface area contributed by atoms with Crippen LogP contribution in [0.15, 0.2) is 18.3 Å². The van der Waals surface area contributed by atoms with E-state index in [1.165, 1.54) is 24.1 Å². The predicted molar refractivity (Wildman–Crippen MR) is 42.8 cm³/mol. The highest BCUT2D eigenvalue weighted by molar-refractivity contribution is 5.34. The van der Waals surface area contributed by atoms with Gasteiger partial charge >= 0.3 is 0 Å². The van der Waals surface area contributed by atoms with Crippen molar-refractivity contribution in [2.24, 2.45) is 0 Å². The Morgan fingerprint density at radius 2 is 2.40 bits per heavy atom. The largest absolute Gasteiger partial charge is 0.328 e. The van der Waals surface area contributed by atoms with Gasteiger partial charge in [-0.15, -0.1) is 0 Å². The summed E-state index contributed by atoms with van der Waals surface area (Å²) in [5.41, 5.74) is 2.81. The van der Waals surface area contributed by atoms with Crippen molar-refractivity contribution in [2.45, 2.75) is 19.8 Å². The SMILES string of the molecule is Cc1cc2n(c1)C=CCC2. The maximum atomic E-state index is 2.25. The normalized spacial score (nSPS) is 15.3. The smallest absolute Gasteiger partial charge is 0.0226 e. The standard InChI is InChI=1S/C9H11N/c1-8-6-9-4-2-3-5-10(9)7-8/h3,5-7H,2,4H2,1H3. The molecule has 0 N–H and O–H groups in total. The van der Waals surface area contributed by atoms with E-state index in [0.717, 1.165) is 0 Å². The van der Waals surface area contributed by atoms with Crippen molar-refractivity contribution < 1.29 is 0 Å². The molecule has 1 heteroatoms. The van der Waals surface area contributed by atoms with Crippen LogP contribution < -0.4 is 0 Å². The molecule has 10 heavy (non-hydrogen) atoms. The van der Waals surface area contributed by atoms with Gasteiger partial charge in [-0.2, -0.15) is 0 Å². The fourth-order valence-corrected chi connectivity index (χ4v) is 1.44. The lowest BCUT2D eigenvalue weighted by Crippen LogP contribution is -1.97. The van der Waals surface area contributed by atoms with Crippen LogP contribution in [-0.2, 0) is 6.42 Å². The van der Waals surface area contributed by atoms with Crippen molar-refractivity contribution in [3.63, 3.8) is 0 Å². The summed E-state index contributed by atoms with van der Waals surface area (Å²) in [6, 6.07) is 2.25. The zero-order valence-electron chi connectivity index (χ0n) is 6.17. The average molecular weight is 133 g/mol. The van der Waals surface area contributed by atoms with Crippen LogP contribution in [-0.4, -0.2) is 4.57 Å². The number of nitrogens with zero attached hydrogens (tertiary/aromatic N) is 1. The third-order valence-corrected chi connectivity index (χ3v) is 1.90. The van der Waals surface area contributed by atoms with Gasteiger partial charge in [-0.05, 0) is 31.4 Å². The molecule has 1 nitrogen and oxygen atoms in total. The summed E-state index contributed by atoms with van der Waals surface area (Å²) >= 11 is 0. The topological polar surface area (TPSA) is 4.93 Å². The Hall–Kier alpha value is -0.980. The number of fused-ring (bicyclic) bond motifs is 1. The quantitative estimate of drug-likeness (QED) is 0.511. The molecule has 0 unspecified atom stereocenters. The fourth-order valence-electron chi connectivity index (χ4n) is 1.44. The molecule has 0 saturated heterocycles. The zero-order valence-corrected chi connectivity index (χ0v) is 6.17. The van der Waals surface area contributed by atoms with Crippen molar-refractivity contribution in [1.29, 1.82) is 0 Å². The minimum Gasteiger partial charge on any atom is -0.328 e. The third-order valence-electron chi connectivity index (χ3n) is 1.90. The Morgan fingerprint density at radius 3 is 3.20 bits per heavy atom. The highest BCUT2D eigenvalue weighted by atomic mass is 14.9. The molecule has 0 amide bonds. The highest BCUT2D eigenvalue weighted by Gasteiger charge is 2.02. The van der Waals surface area contributed by atoms with Crippen LogP contribution in [0, 0.1) is 6.92 Å². The first kappa shape index (κ1) is 5.78. The third kappa shape index (κ3) is 0.783. The lowest BCUT2D eigenvalue weighted by molar-refractivity contribution is 0.877. The summed E-state index contributed by atoms with van der Waals surface area (Å²) in [5.74, 6) is 0. The van der Waals surface area contributed by atoms with E-state index in [9.17, 15) is 0 Å². The van der Waals surface area contributed by atoms with Crippen LogP contribution in [0.4, 0.5) is 0 Å². The molecule has 0 fully saturated rings. The Bertz CT molecular complexity index is 268. The van der Waals surface area contributed by atoms with Crippen molar-refractivity contribution in [3.8, 4) is 0 Å². The second-order valence-corrected chi connectivity index (χ2v) is 2.84. The first-order valence-corrected chi connectivity index (χ1v) is 3.70. The first-order valence-electron chi connectivity index (χ1n) is 3.70. The average Bonchev–Trinajstić information content (AvgIpc) is 2.27. The molecule has 1 aromatic heterocycles. The van der Waals surface area contributed by atoms with Gasteiger partial charge in [-0.25, -0.2) is 0 Å². The lowest BCUT2D eigenvalue weighted by atomic mass is 10.2. The van der Waals surface area contributed by atoms with Gasteiger partial charge < -0.3 is 4.57 Å². The molecule has 1 aliphatic rings. The number of rotatable bonds is 0. The summed E-state index contributed by atoms with van der Waals surface area (Å²) in [4.78, 5) is 0. The van der Waals surface area contributed by atoms with Crippen molar-refractivity contribution in [2.75, 3.05) is 0 Å². The van der Waals surface area contributed by atoms with Crippen molar-refractivity contribution in [1.82, 2.24) is 4.57 Å². The fraction of sp³-hybridized carbons (Fsp3) is 0.333. The van der Waals surface area contributed by atoms with Crippen molar-refractivity contribution >= 4 is 6.20 Å². The molecule has 0 aromatic carbocycles. The van der Waals surface area contributed by atoms with E-state index in [0.29, 0.717) is 0 Å². The number of allylic oxidation sites excluding steroid dienone is 1. The molecule has 2 heterocycles. The van der Waals surface area contributed by atoms with E-state index in [-0.39, 0.29) is 0 Å². The molecular weight excluding hydrogens is 122 g/mol. The first-order chi connectivity index (χ1) is 4.86. The maximum Gasteiger partial charge on any atom is 0.0226 e. The van der Waals surface area contributed by atoms with Gasteiger partial charge in [-0.1, -0.05) is 6.08 Å². The van der Waals surface area contributed by atoms with Gasteiger partial charge in [-0.3, -0.25) is 0 Å². The molecule has 52 valence electrons. The lowest BCUT2D eigenvalue weighted by Gasteiger charge is -2.06. The molecule has 0 bridgehead atoms. The Balaban J connectivity index is 2.53. The minimum absolute atomic E-state index is 1.20. The molecule has 1 aromatic rings. The van der Waals surface area contributed by atoms with Crippen LogP contribution in [0.25, 0.3) is 6.20 Å². The molecule has 0 radical (unpaired) electrons. The minimum atomic E-state index is 1.20.